The molecule has 208 valence electrons. The van der Waals surface area contributed by atoms with E-state index in [4.69, 9.17) is 20.8 Å². The van der Waals surface area contributed by atoms with E-state index in [0.717, 1.165) is 10.9 Å². The molecule has 0 saturated heterocycles. The van der Waals surface area contributed by atoms with E-state index >= 15 is 0 Å². The van der Waals surface area contributed by atoms with E-state index < -0.39 is 21.9 Å². The number of benzene rings is 4. The molecule has 10 heteroatoms. The van der Waals surface area contributed by atoms with Gasteiger partial charge in [-0.25, -0.2) is 22.9 Å². The number of amides is 1. The first-order valence-corrected chi connectivity index (χ1v) is 14.6. The summed E-state index contributed by atoms with van der Waals surface area (Å²) in [6.45, 7) is 1.62. The van der Waals surface area contributed by atoms with Crippen molar-refractivity contribution in [2.45, 2.75) is 11.8 Å². The molecule has 2 heterocycles. The normalized spacial score (nSPS) is 11.5. The molecule has 6 rings (SSSR count). The van der Waals surface area contributed by atoms with Gasteiger partial charge in [-0.15, -0.1) is 0 Å². The first-order chi connectivity index (χ1) is 20.2. The maximum absolute atomic E-state index is 13.1. The summed E-state index contributed by atoms with van der Waals surface area (Å²) in [7, 11) is -4.17. The van der Waals surface area contributed by atoms with Gasteiger partial charge in [-0.3, -0.25) is 4.79 Å². The highest BCUT2D eigenvalue weighted by atomic mass is 35.5. The molecule has 0 radical (unpaired) electrons. The van der Waals surface area contributed by atoms with Crippen LogP contribution in [0.4, 0.5) is 0 Å². The summed E-state index contributed by atoms with van der Waals surface area (Å²) in [4.78, 5) is 30.8. The van der Waals surface area contributed by atoms with Crippen LogP contribution in [0.5, 0.6) is 5.75 Å². The number of hydrogen-bond donors (Lipinski definition) is 1. The average Bonchev–Trinajstić information content (AvgIpc) is 3.40. The van der Waals surface area contributed by atoms with E-state index in [1.165, 1.54) is 24.3 Å². The van der Waals surface area contributed by atoms with Crippen LogP contribution >= 0.6 is 11.6 Å². The highest BCUT2D eigenvalue weighted by Crippen LogP contribution is 2.31. The van der Waals surface area contributed by atoms with Crippen LogP contribution in [-0.2, 0) is 10.0 Å². The van der Waals surface area contributed by atoms with Crippen LogP contribution in [0.1, 0.15) is 26.3 Å². The fraction of sp³-hybridized carbons (Fsp3) is 0.0312. The summed E-state index contributed by atoms with van der Waals surface area (Å²) < 4.78 is 39.3. The van der Waals surface area contributed by atoms with E-state index in [0.29, 0.717) is 33.0 Å². The second-order valence-electron chi connectivity index (χ2n) is 9.48. The van der Waals surface area contributed by atoms with E-state index in [9.17, 15) is 18.0 Å². The number of sulfonamides is 1. The molecule has 0 atom stereocenters. The topological polar surface area (TPSA) is 116 Å². The number of furan rings is 1. The molecular formula is C32H21ClN2O6S. The number of carbonyl (C=O) groups is 2. The van der Waals surface area contributed by atoms with Crippen molar-refractivity contribution in [1.29, 1.82) is 0 Å². The van der Waals surface area contributed by atoms with Crippen LogP contribution in [0, 0.1) is 6.92 Å². The van der Waals surface area contributed by atoms with Crippen LogP contribution in [0.2, 0.25) is 5.02 Å². The lowest BCUT2D eigenvalue weighted by molar-refractivity contribution is 0.0729. The van der Waals surface area contributed by atoms with Gasteiger partial charge in [0.2, 0.25) is 0 Å². The third-order valence-corrected chi connectivity index (χ3v) is 8.33. The van der Waals surface area contributed by atoms with Crippen molar-refractivity contribution in [3.05, 3.63) is 125 Å². The smallest absolute Gasteiger partial charge is 0.344 e. The Bertz CT molecular complexity index is 2140. The van der Waals surface area contributed by atoms with Gasteiger partial charge in [0.05, 0.1) is 21.5 Å². The molecular weight excluding hydrogens is 576 g/mol. The minimum Gasteiger partial charge on any atom is -0.454 e. The second kappa shape index (κ2) is 10.8. The number of aromatic nitrogens is 1. The molecule has 4 aromatic carbocycles. The fourth-order valence-corrected chi connectivity index (χ4v) is 5.93. The molecule has 42 heavy (non-hydrogen) atoms. The maximum Gasteiger partial charge on any atom is 0.344 e. The average molecular weight is 597 g/mol. The molecule has 1 N–H and O–H groups in total. The number of nitrogens with one attached hydrogen (secondary N) is 1. The molecule has 0 aliphatic carbocycles. The SMILES string of the molecule is Cc1ccccc1S(=O)(=O)NC(=O)c1ccccc1C(=O)Oc1ccc2oc(-c3ccc4ccc(Cl)cc4n3)cc2c1. The van der Waals surface area contributed by atoms with E-state index in [2.05, 4.69) is 4.98 Å². The zero-order valence-corrected chi connectivity index (χ0v) is 23.6. The van der Waals surface area contributed by atoms with Crippen molar-refractivity contribution < 1.29 is 27.2 Å². The predicted octanol–water partition coefficient (Wildman–Crippen LogP) is 6.95. The number of hydrogen-bond acceptors (Lipinski definition) is 7. The van der Waals surface area contributed by atoms with Crippen LogP contribution < -0.4 is 9.46 Å². The Morgan fingerprint density at radius 2 is 1.57 bits per heavy atom. The number of ether oxygens (including phenoxy) is 1. The predicted molar refractivity (Wildman–Crippen MR) is 159 cm³/mol. The van der Waals surface area contributed by atoms with Crippen LogP contribution in [-0.4, -0.2) is 25.3 Å². The van der Waals surface area contributed by atoms with Crippen molar-refractivity contribution in [3.63, 3.8) is 0 Å². The lowest BCUT2D eigenvalue weighted by Gasteiger charge is -2.12. The molecule has 0 bridgehead atoms. The number of fused-ring (bicyclic) bond motifs is 2. The standard InChI is InChI=1S/C32H21ClN2O6S/c1-19-6-2-5-9-30(19)42(38,39)35-31(36)24-7-3-4-8-25(24)32(37)40-23-13-15-28-21(16-23)17-29(41-28)26-14-11-20-10-12-22(33)18-27(20)34-26/h2-18H,1H3,(H,35,36). The first-order valence-electron chi connectivity index (χ1n) is 12.7. The monoisotopic (exact) mass is 596 g/mol. The molecule has 0 saturated carbocycles. The van der Waals surface area contributed by atoms with Crippen molar-refractivity contribution in [1.82, 2.24) is 9.71 Å². The van der Waals surface area contributed by atoms with Gasteiger partial charge in [-0.2, -0.15) is 0 Å². The molecule has 6 aromatic rings. The summed E-state index contributed by atoms with van der Waals surface area (Å²) in [6.07, 6.45) is 0. The van der Waals surface area contributed by atoms with Gasteiger partial charge in [0.1, 0.15) is 17.0 Å². The Hall–Kier alpha value is -4.99. The van der Waals surface area contributed by atoms with Gasteiger partial charge in [-0.05, 0) is 73.2 Å². The lowest BCUT2D eigenvalue weighted by Crippen LogP contribution is -2.32. The van der Waals surface area contributed by atoms with Crippen LogP contribution in [0.3, 0.4) is 0 Å². The molecule has 0 aliphatic heterocycles. The summed E-state index contributed by atoms with van der Waals surface area (Å²) in [5.41, 5.74) is 2.13. The van der Waals surface area contributed by atoms with Gasteiger partial charge in [0.25, 0.3) is 15.9 Å². The van der Waals surface area contributed by atoms with Gasteiger partial charge in [-0.1, -0.05) is 54.1 Å². The first kappa shape index (κ1) is 27.2. The van der Waals surface area contributed by atoms with Gasteiger partial charge >= 0.3 is 5.97 Å². The number of nitrogens with zero attached hydrogens (tertiary/aromatic N) is 1. The summed E-state index contributed by atoms with van der Waals surface area (Å²) in [5.74, 6) is -1.05. The molecule has 0 spiro atoms. The van der Waals surface area contributed by atoms with Gasteiger partial charge in [0, 0.05) is 15.8 Å². The zero-order valence-electron chi connectivity index (χ0n) is 22.0. The minimum absolute atomic E-state index is 0.0334. The van der Waals surface area contributed by atoms with E-state index in [1.54, 1.807) is 67.6 Å². The van der Waals surface area contributed by atoms with Crippen molar-refractivity contribution in [2.24, 2.45) is 0 Å². The summed E-state index contributed by atoms with van der Waals surface area (Å²) in [5, 5.41) is 2.18. The Labute approximate surface area is 245 Å². The van der Waals surface area contributed by atoms with Crippen molar-refractivity contribution in [2.75, 3.05) is 0 Å². The van der Waals surface area contributed by atoms with Gasteiger partial charge < -0.3 is 9.15 Å². The number of rotatable bonds is 6. The summed E-state index contributed by atoms with van der Waals surface area (Å²) in [6, 6.07) is 28.0. The van der Waals surface area contributed by atoms with Crippen molar-refractivity contribution in [3.8, 4) is 17.2 Å². The number of esters is 1. The van der Waals surface area contributed by atoms with Crippen molar-refractivity contribution >= 4 is 55.4 Å². The van der Waals surface area contributed by atoms with Gasteiger partial charge in [0.15, 0.2) is 5.76 Å². The molecule has 2 aromatic heterocycles. The van der Waals surface area contributed by atoms with E-state index in [1.807, 2.05) is 22.9 Å². The largest absolute Gasteiger partial charge is 0.454 e. The Morgan fingerprint density at radius 1 is 0.833 bits per heavy atom. The minimum atomic E-state index is -4.17. The molecule has 0 unspecified atom stereocenters. The zero-order chi connectivity index (χ0) is 29.4. The maximum atomic E-state index is 13.1. The molecule has 0 aliphatic rings. The Morgan fingerprint density at radius 3 is 2.38 bits per heavy atom. The molecule has 1 amide bonds. The van der Waals surface area contributed by atoms with Crippen LogP contribution in [0.25, 0.3) is 33.3 Å². The molecule has 0 fully saturated rings. The molecule has 8 nitrogen and oxygen atoms in total. The number of aryl methyl sites for hydroxylation is 1. The fourth-order valence-electron chi connectivity index (χ4n) is 4.55. The summed E-state index contributed by atoms with van der Waals surface area (Å²) >= 11 is 6.12. The van der Waals surface area contributed by atoms with E-state index in [-0.39, 0.29) is 21.8 Å². The lowest BCUT2D eigenvalue weighted by atomic mass is 10.1. The number of halogens is 1. The second-order valence-corrected chi connectivity index (χ2v) is 11.6. The quantitative estimate of drug-likeness (QED) is 0.163. The number of carbonyl (C=O) groups excluding carboxylic acids is 2. The third kappa shape index (κ3) is 5.35. The Balaban J connectivity index is 1.24. The van der Waals surface area contributed by atoms with Crippen LogP contribution in [0.15, 0.2) is 112 Å². The number of pyridine rings is 1. The third-order valence-electron chi connectivity index (χ3n) is 6.61. The highest BCUT2D eigenvalue weighted by molar-refractivity contribution is 7.90. The highest BCUT2D eigenvalue weighted by Gasteiger charge is 2.24. The Kier molecular flexibility index (Phi) is 6.97.